The van der Waals surface area contributed by atoms with Gasteiger partial charge in [-0.3, -0.25) is 0 Å². The molecule has 0 unspecified atom stereocenters. The van der Waals surface area contributed by atoms with Gasteiger partial charge in [-0.2, -0.15) is 0 Å². The minimum Gasteiger partial charge on any atom is -0.462 e. The third-order valence-corrected chi connectivity index (χ3v) is 1.55. The van der Waals surface area contributed by atoms with Crippen LogP contribution in [0.3, 0.4) is 0 Å². The van der Waals surface area contributed by atoms with Crippen LogP contribution in [0.25, 0.3) is 0 Å². The summed E-state index contributed by atoms with van der Waals surface area (Å²) in [6.45, 7) is 5.29. The van der Waals surface area contributed by atoms with Gasteiger partial charge in [0.25, 0.3) is 0 Å². The Morgan fingerprint density at radius 1 is 1.19 bits per heavy atom. The zero-order chi connectivity index (χ0) is 12.2. The molecule has 1 N–H and O–H groups in total. The first-order chi connectivity index (χ1) is 7.68. The van der Waals surface area contributed by atoms with Crippen LogP contribution < -0.4 is 0 Å². The maximum absolute atomic E-state index is 10.6. The summed E-state index contributed by atoms with van der Waals surface area (Å²) in [5.41, 5.74) is 0.387. The van der Waals surface area contributed by atoms with Crippen molar-refractivity contribution in [2.75, 3.05) is 13.2 Å². The molecule has 0 saturated heterocycles. The van der Waals surface area contributed by atoms with Crippen LogP contribution in [0.2, 0.25) is 0 Å². The summed E-state index contributed by atoms with van der Waals surface area (Å²) in [5.74, 6) is -0.395. The van der Waals surface area contributed by atoms with E-state index in [4.69, 9.17) is 5.11 Å². The Morgan fingerprint density at radius 2 is 1.62 bits per heavy atom. The highest BCUT2D eigenvalue weighted by molar-refractivity contribution is 5.86. The van der Waals surface area contributed by atoms with E-state index >= 15 is 0 Å². The van der Waals surface area contributed by atoms with E-state index in [1.165, 1.54) is 0 Å². The maximum Gasteiger partial charge on any atom is 0.333 e. The van der Waals surface area contributed by atoms with Gasteiger partial charge in [0.15, 0.2) is 0 Å². The molecule has 0 aromatic heterocycles. The van der Waals surface area contributed by atoms with Gasteiger partial charge in [0.2, 0.25) is 0 Å². The van der Waals surface area contributed by atoms with Crippen molar-refractivity contribution in [3.63, 3.8) is 0 Å². The van der Waals surface area contributed by atoms with E-state index in [1.54, 1.807) is 6.92 Å². The number of hydrogen-bond acceptors (Lipinski definition) is 3. The summed E-state index contributed by atoms with van der Waals surface area (Å²) in [5, 5.41) is 8.30. The molecule has 3 nitrogen and oxygen atoms in total. The molecule has 0 radical (unpaired) electrons. The fraction of sp³-hybridized carbons (Fsp3) is 0.308. The highest BCUT2D eigenvalue weighted by Gasteiger charge is 2.00. The predicted octanol–water partition coefficient (Wildman–Crippen LogP) is 2.17. The van der Waals surface area contributed by atoms with Gasteiger partial charge in [0.1, 0.15) is 0 Å². The molecule has 88 valence electrons. The second-order valence-corrected chi connectivity index (χ2v) is 3.15. The Kier molecular flexibility index (Phi) is 8.93. The topological polar surface area (TPSA) is 46.5 Å². The average Bonchev–Trinajstić information content (AvgIpc) is 2.32. The largest absolute Gasteiger partial charge is 0.462 e. The van der Waals surface area contributed by atoms with Crippen molar-refractivity contribution in [2.45, 2.75) is 13.3 Å². The first-order valence-electron chi connectivity index (χ1n) is 5.12. The van der Waals surface area contributed by atoms with Gasteiger partial charge in [-0.05, 0) is 6.92 Å². The van der Waals surface area contributed by atoms with Crippen molar-refractivity contribution in [3.05, 3.63) is 48.6 Å². The molecule has 0 fully saturated rings. The van der Waals surface area contributed by atoms with Gasteiger partial charge in [-0.1, -0.05) is 43.0 Å². The summed E-state index contributed by atoms with van der Waals surface area (Å²) in [6.07, 6.45) is 0.485. The maximum atomic E-state index is 10.6. The summed E-state index contributed by atoms with van der Waals surface area (Å²) in [6, 6.07) is 12.0. The number of benzene rings is 1. The van der Waals surface area contributed by atoms with Gasteiger partial charge in [-0.25, -0.2) is 4.79 Å². The zero-order valence-electron chi connectivity index (χ0n) is 9.56. The second kappa shape index (κ2) is 9.93. The smallest absolute Gasteiger partial charge is 0.333 e. The lowest BCUT2D eigenvalue weighted by Crippen LogP contribution is -2.06. The minimum absolute atomic E-state index is 0.0451. The number of carbonyl (C=O) groups excluding carboxylic acids is 1. The number of aliphatic hydroxyl groups is 1. The van der Waals surface area contributed by atoms with Gasteiger partial charge >= 0.3 is 5.97 Å². The van der Waals surface area contributed by atoms with E-state index in [-0.39, 0.29) is 13.2 Å². The van der Waals surface area contributed by atoms with Gasteiger partial charge in [0.05, 0.1) is 6.61 Å². The van der Waals surface area contributed by atoms with Crippen LogP contribution in [0, 0.1) is 0 Å². The van der Waals surface area contributed by atoms with Crippen molar-refractivity contribution in [1.29, 1.82) is 0 Å². The van der Waals surface area contributed by atoms with Crippen LogP contribution in [0.4, 0.5) is 0 Å². The number of hydrogen-bond donors (Lipinski definition) is 1. The van der Waals surface area contributed by atoms with E-state index in [9.17, 15) is 4.79 Å². The molecule has 0 aliphatic carbocycles. The second-order valence-electron chi connectivity index (χ2n) is 3.15. The predicted molar refractivity (Wildman–Crippen MR) is 63.9 cm³/mol. The van der Waals surface area contributed by atoms with Crippen LogP contribution >= 0.6 is 0 Å². The van der Waals surface area contributed by atoms with Crippen molar-refractivity contribution in [3.8, 4) is 0 Å². The van der Waals surface area contributed by atoms with E-state index in [1.807, 2.05) is 36.4 Å². The van der Waals surface area contributed by atoms with Crippen LogP contribution in [-0.4, -0.2) is 24.3 Å². The highest BCUT2D eigenvalue weighted by Crippen LogP contribution is 1.92. The van der Waals surface area contributed by atoms with Gasteiger partial charge in [-0.15, -0.1) is 0 Å². The Bertz CT molecular complexity index is 267. The van der Waals surface area contributed by atoms with E-state index in [0.29, 0.717) is 12.0 Å². The number of ether oxygens (including phenoxy) is 1. The molecule has 0 spiro atoms. The lowest BCUT2D eigenvalue weighted by atomic mass is 10.4. The number of esters is 1. The summed E-state index contributed by atoms with van der Waals surface area (Å²) >= 11 is 0. The normalized spacial score (nSPS) is 8.62. The standard InChI is InChI=1S/C7H12O3.C6H6/c1-6(2)7(9)10-5-3-4-8;1-2-4-6-5-3-1/h8H,1,3-5H2,2H3;1-6H. The molecule has 0 atom stereocenters. The van der Waals surface area contributed by atoms with Crippen LogP contribution in [-0.2, 0) is 9.53 Å². The molecular formula is C13H18O3. The molecule has 0 bridgehead atoms. The molecule has 0 heterocycles. The molecule has 0 aliphatic rings. The van der Waals surface area contributed by atoms with Crippen LogP contribution in [0.15, 0.2) is 48.6 Å². The Balaban J connectivity index is 0.000000315. The number of rotatable bonds is 4. The molecule has 3 heteroatoms. The van der Waals surface area contributed by atoms with E-state index in [2.05, 4.69) is 11.3 Å². The summed E-state index contributed by atoms with van der Waals surface area (Å²) in [7, 11) is 0. The first kappa shape index (κ1) is 14.4. The Labute approximate surface area is 96.4 Å². The lowest BCUT2D eigenvalue weighted by molar-refractivity contribution is -0.139. The summed E-state index contributed by atoms with van der Waals surface area (Å²) in [4.78, 5) is 10.6. The van der Waals surface area contributed by atoms with Crippen molar-refractivity contribution in [2.24, 2.45) is 0 Å². The summed E-state index contributed by atoms with van der Waals surface area (Å²) < 4.78 is 4.65. The van der Waals surface area contributed by atoms with E-state index < -0.39 is 5.97 Å². The SMILES string of the molecule is C=C(C)C(=O)OCCCO.c1ccccc1. The van der Waals surface area contributed by atoms with E-state index in [0.717, 1.165) is 0 Å². The molecule has 1 aromatic carbocycles. The van der Waals surface area contributed by atoms with Crippen LogP contribution in [0.1, 0.15) is 13.3 Å². The minimum atomic E-state index is -0.395. The molecule has 0 aliphatic heterocycles. The van der Waals surface area contributed by atoms with Crippen molar-refractivity contribution >= 4 is 5.97 Å². The zero-order valence-corrected chi connectivity index (χ0v) is 9.56. The fourth-order valence-electron chi connectivity index (χ4n) is 0.738. The molecule has 16 heavy (non-hydrogen) atoms. The van der Waals surface area contributed by atoms with Crippen molar-refractivity contribution < 1.29 is 14.6 Å². The fourth-order valence-corrected chi connectivity index (χ4v) is 0.738. The first-order valence-corrected chi connectivity index (χ1v) is 5.12. The quantitative estimate of drug-likeness (QED) is 0.482. The lowest BCUT2D eigenvalue weighted by Gasteiger charge is -2.00. The van der Waals surface area contributed by atoms with Crippen molar-refractivity contribution in [1.82, 2.24) is 0 Å². The molecule has 1 aromatic rings. The van der Waals surface area contributed by atoms with Gasteiger partial charge in [0, 0.05) is 18.6 Å². The third kappa shape index (κ3) is 8.97. The number of carbonyl (C=O) groups is 1. The van der Waals surface area contributed by atoms with Crippen LogP contribution in [0.5, 0.6) is 0 Å². The highest BCUT2D eigenvalue weighted by atomic mass is 16.5. The monoisotopic (exact) mass is 222 g/mol. The number of aliphatic hydroxyl groups excluding tert-OH is 1. The Morgan fingerprint density at radius 3 is 1.94 bits per heavy atom. The molecule has 1 rings (SSSR count). The van der Waals surface area contributed by atoms with Gasteiger partial charge < -0.3 is 9.84 Å². The average molecular weight is 222 g/mol. The molecule has 0 amide bonds. The molecular weight excluding hydrogens is 204 g/mol. The molecule has 0 saturated carbocycles. The Hall–Kier alpha value is -1.61. The third-order valence-electron chi connectivity index (χ3n) is 1.55.